The SMILES string of the molecule is COc1cc(CN(C(=O)C2=C(c3ccc(OCCOc4c(Cl)cc(C)cc4Cl)cc3)CC3CN(C(C)=O)CC2N3)C2CC2)cc(OC)c1. The van der Waals surface area contributed by atoms with Crippen molar-refractivity contribution in [3.05, 3.63) is 86.9 Å². The number of hydrogen-bond donors (Lipinski definition) is 1. The number of piperazine rings is 1. The summed E-state index contributed by atoms with van der Waals surface area (Å²) in [5.41, 5.74) is 4.57. The Kier molecular flexibility index (Phi) is 10.4. The fourth-order valence-corrected chi connectivity index (χ4v) is 7.27. The van der Waals surface area contributed by atoms with Crippen molar-refractivity contribution in [2.75, 3.05) is 40.5 Å². The van der Waals surface area contributed by atoms with Gasteiger partial charge in [0, 0.05) is 50.3 Å². The van der Waals surface area contributed by atoms with Crippen LogP contribution >= 0.6 is 23.2 Å². The Morgan fingerprint density at radius 1 is 0.896 bits per heavy atom. The van der Waals surface area contributed by atoms with E-state index in [1.807, 2.05) is 71.3 Å². The zero-order valence-electron chi connectivity index (χ0n) is 27.7. The van der Waals surface area contributed by atoms with Crippen LogP contribution in [-0.2, 0) is 16.1 Å². The summed E-state index contributed by atoms with van der Waals surface area (Å²) in [4.78, 5) is 31.0. The van der Waals surface area contributed by atoms with Gasteiger partial charge >= 0.3 is 0 Å². The number of aryl methyl sites for hydroxylation is 1. The normalized spacial score (nSPS) is 18.8. The summed E-state index contributed by atoms with van der Waals surface area (Å²) >= 11 is 12.6. The molecule has 2 fully saturated rings. The van der Waals surface area contributed by atoms with Crippen molar-refractivity contribution in [1.82, 2.24) is 15.1 Å². The van der Waals surface area contributed by atoms with Crippen molar-refractivity contribution >= 4 is 40.6 Å². The minimum atomic E-state index is -0.279. The molecule has 2 atom stereocenters. The number of fused-ring (bicyclic) bond motifs is 2. The van der Waals surface area contributed by atoms with E-state index in [9.17, 15) is 9.59 Å². The lowest BCUT2D eigenvalue weighted by molar-refractivity contribution is -0.132. The minimum absolute atomic E-state index is 0.0125. The van der Waals surface area contributed by atoms with Crippen LogP contribution < -0.4 is 24.3 Å². The van der Waals surface area contributed by atoms with Crippen LogP contribution in [0.1, 0.15) is 42.9 Å². The Hall–Kier alpha value is -3.92. The lowest BCUT2D eigenvalue weighted by atomic mass is 9.82. The van der Waals surface area contributed by atoms with Gasteiger partial charge < -0.3 is 34.1 Å². The summed E-state index contributed by atoms with van der Waals surface area (Å²) in [6.45, 7) is 5.55. The molecular formula is C37H41Cl2N3O6. The first kappa shape index (κ1) is 34.0. The summed E-state index contributed by atoms with van der Waals surface area (Å²) < 4.78 is 22.8. The highest BCUT2D eigenvalue weighted by Crippen LogP contribution is 2.38. The maximum absolute atomic E-state index is 14.7. The number of amides is 2. The molecular weight excluding hydrogens is 653 g/mol. The van der Waals surface area contributed by atoms with E-state index in [4.69, 9.17) is 42.1 Å². The lowest BCUT2D eigenvalue weighted by Crippen LogP contribution is -2.61. The molecule has 1 aliphatic carbocycles. The van der Waals surface area contributed by atoms with Gasteiger partial charge in [-0.2, -0.15) is 0 Å². The second-order valence-corrected chi connectivity index (χ2v) is 13.4. The van der Waals surface area contributed by atoms with Crippen LogP contribution in [0.15, 0.2) is 60.2 Å². The first-order valence-corrected chi connectivity index (χ1v) is 17.0. The first-order chi connectivity index (χ1) is 23.1. The average Bonchev–Trinajstić information content (AvgIpc) is 3.91. The van der Waals surface area contributed by atoms with Gasteiger partial charge in [-0.25, -0.2) is 0 Å². The number of halogens is 2. The fraction of sp³-hybridized carbons (Fsp3) is 0.405. The second kappa shape index (κ2) is 14.7. The van der Waals surface area contributed by atoms with Crippen molar-refractivity contribution in [2.24, 2.45) is 0 Å². The van der Waals surface area contributed by atoms with Gasteiger partial charge in [0.05, 0.1) is 30.3 Å². The zero-order chi connectivity index (χ0) is 33.9. The minimum Gasteiger partial charge on any atom is -0.497 e. The standard InChI is InChI=1S/C37H41Cl2N3O6/c1-22-13-32(38)36(33(39)14-22)48-12-11-47-28-9-5-25(6-10-28)31-17-26-20-41(23(2)43)21-34(40-26)35(31)37(44)42(27-7-8-27)19-24-15-29(45-3)18-30(16-24)46-4/h5-6,9-10,13-16,18,26-27,34,40H,7-8,11-12,17,19-21H2,1-4H3. The van der Waals surface area contributed by atoms with Crippen molar-refractivity contribution in [3.8, 4) is 23.0 Å². The van der Waals surface area contributed by atoms with Gasteiger partial charge in [0.15, 0.2) is 5.75 Å². The van der Waals surface area contributed by atoms with Crippen LogP contribution in [0.25, 0.3) is 5.57 Å². The highest BCUT2D eigenvalue weighted by atomic mass is 35.5. The van der Waals surface area contributed by atoms with Crippen molar-refractivity contribution < 1.29 is 28.5 Å². The average molecular weight is 695 g/mol. The molecule has 2 heterocycles. The number of rotatable bonds is 12. The molecule has 1 saturated heterocycles. The fourth-order valence-electron chi connectivity index (χ4n) is 6.57. The molecule has 2 unspecified atom stereocenters. The monoisotopic (exact) mass is 693 g/mol. The largest absolute Gasteiger partial charge is 0.497 e. The van der Waals surface area contributed by atoms with E-state index in [-0.39, 0.29) is 36.5 Å². The number of nitrogens with zero attached hydrogens (tertiary/aromatic N) is 2. The van der Waals surface area contributed by atoms with E-state index < -0.39 is 0 Å². The first-order valence-electron chi connectivity index (χ1n) is 16.2. The predicted molar refractivity (Wildman–Crippen MR) is 186 cm³/mol. The van der Waals surface area contributed by atoms with E-state index in [2.05, 4.69) is 5.32 Å². The molecule has 1 N–H and O–H groups in total. The summed E-state index contributed by atoms with van der Waals surface area (Å²) in [6, 6.07) is 17.1. The van der Waals surface area contributed by atoms with Gasteiger partial charge in [0.25, 0.3) is 5.91 Å². The second-order valence-electron chi connectivity index (χ2n) is 12.6. The van der Waals surface area contributed by atoms with Gasteiger partial charge in [-0.1, -0.05) is 35.3 Å². The molecule has 3 aromatic rings. The van der Waals surface area contributed by atoms with Gasteiger partial charge in [-0.15, -0.1) is 0 Å². The maximum Gasteiger partial charge on any atom is 0.252 e. The molecule has 48 heavy (non-hydrogen) atoms. The number of benzene rings is 3. The zero-order valence-corrected chi connectivity index (χ0v) is 29.2. The molecule has 3 aromatic carbocycles. The van der Waals surface area contributed by atoms with Crippen LogP contribution in [0.4, 0.5) is 0 Å². The highest BCUT2D eigenvalue weighted by molar-refractivity contribution is 6.37. The topological polar surface area (TPSA) is 89.6 Å². The molecule has 2 amide bonds. The number of nitrogens with one attached hydrogen (secondary N) is 1. The molecule has 2 aliphatic heterocycles. The van der Waals surface area contributed by atoms with Crippen molar-refractivity contribution in [1.29, 1.82) is 0 Å². The molecule has 0 aromatic heterocycles. The third kappa shape index (κ3) is 7.69. The van der Waals surface area contributed by atoms with E-state index in [0.29, 0.717) is 71.3 Å². The number of carbonyl (C=O) groups is 2. The molecule has 254 valence electrons. The third-order valence-corrected chi connectivity index (χ3v) is 9.60. The number of methoxy groups -OCH3 is 2. The lowest BCUT2D eigenvalue weighted by Gasteiger charge is -2.44. The highest BCUT2D eigenvalue weighted by Gasteiger charge is 2.43. The van der Waals surface area contributed by atoms with Crippen LogP contribution in [0.3, 0.4) is 0 Å². The van der Waals surface area contributed by atoms with Crippen LogP contribution in [0, 0.1) is 6.92 Å². The number of hydrogen-bond acceptors (Lipinski definition) is 7. The molecule has 6 rings (SSSR count). The van der Waals surface area contributed by atoms with E-state index >= 15 is 0 Å². The smallest absolute Gasteiger partial charge is 0.252 e. The third-order valence-electron chi connectivity index (χ3n) is 9.04. The predicted octanol–water partition coefficient (Wildman–Crippen LogP) is 6.31. The molecule has 1 saturated carbocycles. The Balaban J connectivity index is 1.24. The Bertz CT molecular complexity index is 1660. The van der Waals surface area contributed by atoms with Gasteiger partial charge in [0.2, 0.25) is 5.91 Å². The van der Waals surface area contributed by atoms with E-state index in [1.165, 1.54) is 0 Å². The van der Waals surface area contributed by atoms with Crippen LogP contribution in [0.5, 0.6) is 23.0 Å². The molecule has 11 heteroatoms. The Labute approximate surface area is 291 Å². The van der Waals surface area contributed by atoms with Gasteiger partial charge in [-0.3, -0.25) is 9.59 Å². The molecule has 9 nitrogen and oxygen atoms in total. The summed E-state index contributed by atoms with van der Waals surface area (Å²) in [7, 11) is 3.24. The Morgan fingerprint density at radius 3 is 2.15 bits per heavy atom. The van der Waals surface area contributed by atoms with Gasteiger partial charge in [0.1, 0.15) is 30.5 Å². The quantitative estimate of drug-likeness (QED) is 0.222. The van der Waals surface area contributed by atoms with Crippen molar-refractivity contribution in [3.63, 3.8) is 0 Å². The van der Waals surface area contributed by atoms with E-state index in [0.717, 1.165) is 35.1 Å². The van der Waals surface area contributed by atoms with Gasteiger partial charge in [-0.05, 0) is 84.8 Å². The Morgan fingerprint density at radius 2 is 1.54 bits per heavy atom. The number of ether oxygens (including phenoxy) is 4. The maximum atomic E-state index is 14.7. The van der Waals surface area contributed by atoms with Crippen LogP contribution in [0.2, 0.25) is 10.0 Å². The summed E-state index contributed by atoms with van der Waals surface area (Å²) in [6.07, 6.45) is 2.53. The molecule has 0 spiro atoms. The van der Waals surface area contributed by atoms with Crippen molar-refractivity contribution in [2.45, 2.75) is 57.8 Å². The summed E-state index contributed by atoms with van der Waals surface area (Å²) in [5.74, 6) is 2.48. The number of carbonyl (C=O) groups excluding carboxylic acids is 2. The van der Waals surface area contributed by atoms with Crippen LogP contribution in [-0.4, -0.2) is 80.3 Å². The molecule has 0 radical (unpaired) electrons. The molecule has 2 bridgehead atoms. The molecule has 3 aliphatic rings. The van der Waals surface area contributed by atoms with E-state index in [1.54, 1.807) is 21.1 Å². The summed E-state index contributed by atoms with van der Waals surface area (Å²) in [5, 5.41) is 4.58.